The van der Waals surface area contributed by atoms with Gasteiger partial charge in [-0.05, 0) is 35.6 Å². The molecule has 1 aliphatic heterocycles. The van der Waals surface area contributed by atoms with E-state index in [0.717, 1.165) is 34.6 Å². The molecule has 4 rings (SSSR count). The van der Waals surface area contributed by atoms with Crippen LogP contribution in [0.25, 0.3) is 10.9 Å². The van der Waals surface area contributed by atoms with Crippen LogP contribution >= 0.6 is 11.8 Å². The normalized spacial score (nSPS) is 14.1. The number of hydrogen-bond acceptors (Lipinski definition) is 4. The van der Waals surface area contributed by atoms with Crippen molar-refractivity contribution in [2.24, 2.45) is 5.92 Å². The van der Waals surface area contributed by atoms with Crippen LogP contribution in [-0.2, 0) is 33.8 Å². The number of para-hydroxylation sites is 1. The molecular weight excluding hydrogens is 422 g/mol. The number of hydrogen-bond donors (Lipinski definition) is 2. The van der Waals surface area contributed by atoms with Gasteiger partial charge >= 0.3 is 0 Å². The van der Waals surface area contributed by atoms with E-state index in [2.05, 4.69) is 16.4 Å². The Hall–Kier alpha value is -3.06. The Balaban J connectivity index is 1.20. The Morgan fingerprint density at radius 2 is 1.84 bits per heavy atom. The Morgan fingerprint density at radius 1 is 1.09 bits per heavy atom. The largest absolute Gasteiger partial charge is 0.361 e. The maximum Gasteiger partial charge on any atom is 0.233 e. The molecule has 1 aliphatic rings. The molecule has 0 aliphatic carbocycles. The number of rotatable bonds is 7. The Labute approximate surface area is 191 Å². The quantitative estimate of drug-likeness (QED) is 0.580. The van der Waals surface area contributed by atoms with E-state index in [1.54, 1.807) is 4.90 Å². The lowest BCUT2D eigenvalue weighted by Crippen LogP contribution is -2.38. The number of fused-ring (bicyclic) bond motifs is 2. The van der Waals surface area contributed by atoms with Crippen LogP contribution in [0.4, 0.5) is 0 Å². The number of nitrogens with zero attached hydrogens (tertiary/aromatic N) is 1. The third-order valence-corrected chi connectivity index (χ3v) is 6.75. The fraction of sp³-hybridized carbons (Fsp3) is 0.320. The zero-order valence-corrected chi connectivity index (χ0v) is 18.9. The van der Waals surface area contributed by atoms with Crippen molar-refractivity contribution in [3.05, 3.63) is 71.4 Å². The van der Waals surface area contributed by atoms with Crippen molar-refractivity contribution in [3.8, 4) is 0 Å². The molecule has 2 aromatic carbocycles. The molecule has 2 N–H and O–H groups in total. The molecule has 0 spiro atoms. The summed E-state index contributed by atoms with van der Waals surface area (Å²) >= 11 is 0.971. The van der Waals surface area contributed by atoms with Crippen LogP contribution in [0.3, 0.4) is 0 Å². The smallest absolute Gasteiger partial charge is 0.233 e. The molecule has 1 aromatic heterocycles. The van der Waals surface area contributed by atoms with Crippen LogP contribution in [-0.4, -0.2) is 45.7 Å². The van der Waals surface area contributed by atoms with E-state index in [1.165, 1.54) is 11.1 Å². The van der Waals surface area contributed by atoms with Crippen molar-refractivity contribution in [2.75, 3.05) is 18.8 Å². The third-order valence-electron chi connectivity index (χ3n) is 5.90. The summed E-state index contributed by atoms with van der Waals surface area (Å²) in [7, 11) is 0. The molecule has 6 nitrogen and oxygen atoms in total. The topological polar surface area (TPSA) is 82.3 Å². The maximum absolute atomic E-state index is 12.5. The molecule has 0 bridgehead atoms. The van der Waals surface area contributed by atoms with Crippen molar-refractivity contribution < 1.29 is 14.4 Å². The number of aromatic amines is 1. The van der Waals surface area contributed by atoms with Gasteiger partial charge in [-0.15, -0.1) is 0 Å². The summed E-state index contributed by atoms with van der Waals surface area (Å²) in [5, 5.41) is 3.62. The van der Waals surface area contributed by atoms with Crippen molar-refractivity contribution in [1.82, 2.24) is 15.2 Å². The van der Waals surface area contributed by atoms with Crippen molar-refractivity contribution in [2.45, 2.75) is 26.3 Å². The number of aromatic nitrogens is 1. The first-order valence-corrected chi connectivity index (χ1v) is 11.8. The predicted molar refractivity (Wildman–Crippen MR) is 127 cm³/mol. The van der Waals surface area contributed by atoms with Crippen molar-refractivity contribution in [1.29, 1.82) is 0 Å². The van der Waals surface area contributed by atoms with E-state index < -0.39 is 0 Å². The highest BCUT2D eigenvalue weighted by atomic mass is 32.2. The summed E-state index contributed by atoms with van der Waals surface area (Å²) in [4.78, 5) is 42.2. The fourth-order valence-corrected chi connectivity index (χ4v) is 4.69. The summed E-state index contributed by atoms with van der Waals surface area (Å²) in [6, 6.07) is 16.1. The zero-order chi connectivity index (χ0) is 22.5. The highest BCUT2D eigenvalue weighted by molar-refractivity contribution is 8.14. The van der Waals surface area contributed by atoms with E-state index in [0.29, 0.717) is 19.5 Å². The number of thioether (sulfide) groups is 1. The first-order chi connectivity index (χ1) is 15.5. The molecule has 0 saturated carbocycles. The number of amides is 2. The second-order valence-corrected chi connectivity index (χ2v) is 9.21. The lowest BCUT2D eigenvalue weighted by atomic mass is 10.00. The highest BCUT2D eigenvalue weighted by Crippen LogP contribution is 2.21. The van der Waals surface area contributed by atoms with Crippen molar-refractivity contribution >= 4 is 39.6 Å². The van der Waals surface area contributed by atoms with Crippen LogP contribution < -0.4 is 5.32 Å². The number of carbonyl (C=O) groups excluding carboxylic acids is 3. The summed E-state index contributed by atoms with van der Waals surface area (Å²) in [5.74, 6) is -0.371. The second kappa shape index (κ2) is 10.0. The molecule has 32 heavy (non-hydrogen) atoms. The monoisotopic (exact) mass is 449 g/mol. The lowest BCUT2D eigenvalue weighted by molar-refractivity contribution is -0.129. The number of H-pyrrole nitrogens is 1. The molecule has 2 amide bonds. The van der Waals surface area contributed by atoms with Gasteiger partial charge in [0, 0.05) is 36.1 Å². The molecule has 0 radical (unpaired) electrons. The number of benzene rings is 2. The van der Waals surface area contributed by atoms with Crippen molar-refractivity contribution in [3.63, 3.8) is 0 Å². The van der Waals surface area contributed by atoms with Gasteiger partial charge in [0.25, 0.3) is 0 Å². The molecule has 2 heterocycles. The van der Waals surface area contributed by atoms with E-state index >= 15 is 0 Å². The second-order valence-electron chi connectivity index (χ2n) is 8.18. The average molecular weight is 450 g/mol. The van der Waals surface area contributed by atoms with Gasteiger partial charge < -0.3 is 15.2 Å². The van der Waals surface area contributed by atoms with Gasteiger partial charge in [0.1, 0.15) is 0 Å². The van der Waals surface area contributed by atoms with Crippen LogP contribution in [0, 0.1) is 5.92 Å². The van der Waals surface area contributed by atoms with E-state index in [4.69, 9.17) is 0 Å². The molecule has 0 saturated heterocycles. The summed E-state index contributed by atoms with van der Waals surface area (Å²) < 4.78 is 0. The van der Waals surface area contributed by atoms with Gasteiger partial charge in [0.2, 0.25) is 16.9 Å². The SMILES string of the molecule is C[C@@H](Cc1c[nH]c2ccccc12)C(=O)NCC(=O)SCC(=O)N1CCc2ccccc2C1. The Kier molecular flexibility index (Phi) is 6.95. The van der Waals surface area contributed by atoms with E-state index in [1.807, 2.05) is 55.6 Å². The van der Waals surface area contributed by atoms with Crippen LogP contribution in [0.2, 0.25) is 0 Å². The predicted octanol–water partition coefficient (Wildman–Crippen LogP) is 3.31. The van der Waals surface area contributed by atoms with Gasteiger partial charge in [0.15, 0.2) is 0 Å². The first-order valence-electron chi connectivity index (χ1n) is 10.8. The zero-order valence-electron chi connectivity index (χ0n) is 18.1. The highest BCUT2D eigenvalue weighted by Gasteiger charge is 2.22. The van der Waals surface area contributed by atoms with E-state index in [9.17, 15) is 14.4 Å². The molecule has 7 heteroatoms. The van der Waals surface area contributed by atoms with Gasteiger partial charge in [-0.1, -0.05) is 61.2 Å². The fourth-order valence-electron chi connectivity index (χ4n) is 4.05. The van der Waals surface area contributed by atoms with Gasteiger partial charge in [-0.2, -0.15) is 0 Å². The minimum atomic E-state index is -0.262. The Morgan fingerprint density at radius 3 is 2.69 bits per heavy atom. The number of carbonyl (C=O) groups is 3. The van der Waals surface area contributed by atoms with Gasteiger partial charge in [0.05, 0.1) is 12.3 Å². The number of nitrogens with one attached hydrogen (secondary N) is 2. The first kappa shape index (κ1) is 22.1. The van der Waals surface area contributed by atoms with Crippen LogP contribution in [0.1, 0.15) is 23.6 Å². The molecule has 3 aromatic rings. The van der Waals surface area contributed by atoms with Gasteiger partial charge in [-0.3, -0.25) is 14.4 Å². The standard InChI is InChI=1S/C25H27N3O3S/c1-17(12-20-13-26-22-9-5-4-8-21(20)22)25(31)27-14-24(30)32-16-23(29)28-11-10-18-6-2-3-7-19(18)15-28/h2-9,13,17,26H,10-12,14-16H2,1H3,(H,27,31)/t17-/m0/s1. The molecule has 166 valence electrons. The van der Waals surface area contributed by atoms with Crippen LogP contribution in [0.15, 0.2) is 54.7 Å². The average Bonchev–Trinajstić information content (AvgIpc) is 3.23. The Bertz CT molecular complexity index is 1140. The summed E-state index contributed by atoms with van der Waals surface area (Å²) in [6.07, 6.45) is 3.36. The maximum atomic E-state index is 12.5. The molecule has 0 fully saturated rings. The summed E-state index contributed by atoms with van der Waals surface area (Å²) in [5.41, 5.74) is 4.57. The molecule has 1 atom stereocenters. The lowest BCUT2D eigenvalue weighted by Gasteiger charge is -2.28. The third kappa shape index (κ3) is 5.22. The molecule has 0 unspecified atom stereocenters. The minimum Gasteiger partial charge on any atom is -0.361 e. The minimum absolute atomic E-state index is 0.0446. The van der Waals surface area contributed by atoms with E-state index in [-0.39, 0.29) is 35.1 Å². The van der Waals surface area contributed by atoms with Crippen LogP contribution in [0.5, 0.6) is 0 Å². The van der Waals surface area contributed by atoms with Gasteiger partial charge in [-0.25, -0.2) is 0 Å². The summed E-state index contributed by atoms with van der Waals surface area (Å²) in [6.45, 7) is 3.04. The molecular formula is C25H27N3O3S.